The predicted molar refractivity (Wildman–Crippen MR) is 95.4 cm³/mol. The second-order valence-electron chi connectivity index (χ2n) is 6.63. The summed E-state index contributed by atoms with van der Waals surface area (Å²) in [6.07, 6.45) is 4.43. The maximum absolute atomic E-state index is 10.8. The topological polar surface area (TPSA) is 58.9 Å². The molecule has 4 unspecified atom stereocenters. The number of aliphatic hydroxyl groups excluding tert-OH is 2. The summed E-state index contributed by atoms with van der Waals surface area (Å²) in [4.78, 5) is 0. The van der Waals surface area contributed by atoms with Gasteiger partial charge in [-0.15, -0.1) is 0 Å². The van der Waals surface area contributed by atoms with Crippen LogP contribution in [0.5, 0.6) is 0 Å². The Morgan fingerprint density at radius 2 is 1.61 bits per heavy atom. The molecule has 0 saturated heterocycles. The highest BCUT2D eigenvalue weighted by Crippen LogP contribution is 2.39. The van der Waals surface area contributed by atoms with Crippen LogP contribution in [-0.4, -0.2) is 41.9 Å². The normalized spacial score (nSPS) is 17.7. The van der Waals surface area contributed by atoms with Crippen molar-refractivity contribution in [3.05, 3.63) is 0 Å². The Morgan fingerprint density at radius 3 is 2.00 bits per heavy atom. The molecule has 0 bridgehead atoms. The molecule has 0 radical (unpaired) electrons. The lowest BCUT2D eigenvalue weighted by molar-refractivity contribution is -0.220. The van der Waals surface area contributed by atoms with Crippen LogP contribution in [0.4, 0.5) is 0 Å². The Balaban J connectivity index is 4.97. The molecule has 0 rings (SSSR count). The van der Waals surface area contributed by atoms with E-state index in [-0.39, 0.29) is 30.1 Å². The van der Waals surface area contributed by atoms with Crippen LogP contribution in [0.3, 0.4) is 0 Å². The summed E-state index contributed by atoms with van der Waals surface area (Å²) in [5.74, 6) is 0.273. The fraction of sp³-hybridized carbons (Fsp3) is 1.00. The minimum atomic E-state index is -0.797. The van der Waals surface area contributed by atoms with Crippen LogP contribution in [0.1, 0.15) is 80.1 Å². The van der Waals surface area contributed by atoms with Gasteiger partial charge in [-0.3, -0.25) is 0 Å². The summed E-state index contributed by atoms with van der Waals surface area (Å²) >= 11 is 0. The van der Waals surface area contributed by atoms with Gasteiger partial charge in [0.1, 0.15) is 0 Å². The van der Waals surface area contributed by atoms with Gasteiger partial charge in [0.05, 0.1) is 12.2 Å². The van der Waals surface area contributed by atoms with Crippen molar-refractivity contribution < 1.29 is 19.7 Å². The van der Waals surface area contributed by atoms with Crippen LogP contribution in [-0.2, 0) is 9.47 Å². The molecule has 0 spiro atoms. The van der Waals surface area contributed by atoms with E-state index in [4.69, 9.17) is 9.47 Å². The van der Waals surface area contributed by atoms with E-state index in [1.165, 1.54) is 0 Å². The molecule has 4 atom stereocenters. The van der Waals surface area contributed by atoms with Gasteiger partial charge in [-0.2, -0.15) is 0 Å². The van der Waals surface area contributed by atoms with Crippen LogP contribution < -0.4 is 0 Å². The average Bonchev–Trinajstić information content (AvgIpc) is 2.56. The number of ether oxygens (including phenoxy) is 2. The highest BCUT2D eigenvalue weighted by Gasteiger charge is 2.39. The summed E-state index contributed by atoms with van der Waals surface area (Å²) in [7, 11) is 0. The van der Waals surface area contributed by atoms with E-state index in [1.54, 1.807) is 0 Å². The lowest BCUT2D eigenvalue weighted by Crippen LogP contribution is -2.42. The summed E-state index contributed by atoms with van der Waals surface area (Å²) in [6, 6.07) is 0. The molecule has 0 aliphatic carbocycles. The third kappa shape index (κ3) is 7.08. The van der Waals surface area contributed by atoms with Gasteiger partial charge in [0.25, 0.3) is 0 Å². The average molecular weight is 333 g/mol. The molecule has 4 heteroatoms. The Bertz CT molecular complexity index is 279. The standard InChI is InChI=1S/C19H40O4/c1-7-16(12-13-20)15(6)23-18(21)19(9-3,10-4)14-17(8-2)22-11-5/h15-18,20-21H,7-14H2,1-6H3. The van der Waals surface area contributed by atoms with Crippen molar-refractivity contribution in [1.82, 2.24) is 0 Å². The van der Waals surface area contributed by atoms with Crippen molar-refractivity contribution in [3.8, 4) is 0 Å². The first-order chi connectivity index (χ1) is 10.9. The van der Waals surface area contributed by atoms with Crippen molar-refractivity contribution in [3.63, 3.8) is 0 Å². The number of aliphatic hydroxyl groups is 2. The molecule has 0 aromatic carbocycles. The summed E-state index contributed by atoms with van der Waals surface area (Å²) < 4.78 is 11.8. The lowest BCUT2D eigenvalue weighted by atomic mass is 9.76. The SMILES string of the molecule is CCOC(CC)CC(CC)(CC)C(O)OC(C)C(CC)CCO. The van der Waals surface area contributed by atoms with Crippen molar-refractivity contribution in [2.24, 2.45) is 11.3 Å². The van der Waals surface area contributed by atoms with Crippen molar-refractivity contribution in [2.75, 3.05) is 13.2 Å². The summed E-state index contributed by atoms with van der Waals surface area (Å²) in [5, 5.41) is 20.0. The fourth-order valence-electron chi connectivity index (χ4n) is 3.39. The molecule has 0 aromatic heterocycles. The van der Waals surface area contributed by atoms with Crippen molar-refractivity contribution in [2.45, 2.75) is 98.6 Å². The van der Waals surface area contributed by atoms with Gasteiger partial charge in [-0.05, 0) is 51.9 Å². The third-order valence-corrected chi connectivity index (χ3v) is 5.46. The van der Waals surface area contributed by atoms with Crippen LogP contribution in [0.15, 0.2) is 0 Å². The molecular weight excluding hydrogens is 292 g/mol. The molecule has 0 aliphatic rings. The Labute approximate surface area is 143 Å². The van der Waals surface area contributed by atoms with Gasteiger partial charge in [0.15, 0.2) is 6.29 Å². The van der Waals surface area contributed by atoms with Crippen LogP contribution in [0.2, 0.25) is 0 Å². The summed E-state index contributed by atoms with van der Waals surface area (Å²) in [5.41, 5.74) is -0.276. The van der Waals surface area contributed by atoms with Gasteiger partial charge in [0.2, 0.25) is 0 Å². The molecule has 4 nitrogen and oxygen atoms in total. The maximum atomic E-state index is 10.8. The number of rotatable bonds is 14. The quantitative estimate of drug-likeness (QED) is 0.470. The van der Waals surface area contributed by atoms with Gasteiger partial charge >= 0.3 is 0 Å². The molecule has 23 heavy (non-hydrogen) atoms. The smallest absolute Gasteiger partial charge is 0.160 e. The molecule has 0 saturated carbocycles. The van der Waals surface area contributed by atoms with E-state index in [9.17, 15) is 10.2 Å². The maximum Gasteiger partial charge on any atom is 0.160 e. The molecule has 0 heterocycles. The molecule has 2 N–H and O–H groups in total. The molecule has 140 valence electrons. The monoisotopic (exact) mass is 332 g/mol. The fourth-order valence-corrected chi connectivity index (χ4v) is 3.39. The largest absolute Gasteiger partial charge is 0.396 e. The molecular formula is C19H40O4. The minimum absolute atomic E-state index is 0.0632. The zero-order chi connectivity index (χ0) is 17.9. The van der Waals surface area contributed by atoms with E-state index >= 15 is 0 Å². The van der Waals surface area contributed by atoms with Gasteiger partial charge in [-0.25, -0.2) is 0 Å². The van der Waals surface area contributed by atoms with Crippen molar-refractivity contribution >= 4 is 0 Å². The third-order valence-electron chi connectivity index (χ3n) is 5.46. The Hall–Kier alpha value is -0.160. The highest BCUT2D eigenvalue weighted by molar-refractivity contribution is 4.84. The highest BCUT2D eigenvalue weighted by atomic mass is 16.6. The second kappa shape index (κ2) is 12.2. The Morgan fingerprint density at radius 1 is 1.00 bits per heavy atom. The van der Waals surface area contributed by atoms with E-state index in [0.29, 0.717) is 13.0 Å². The first-order valence-electron chi connectivity index (χ1n) is 9.50. The van der Waals surface area contributed by atoms with E-state index in [2.05, 4.69) is 27.7 Å². The summed E-state index contributed by atoms with van der Waals surface area (Å²) in [6.45, 7) is 13.3. The lowest BCUT2D eigenvalue weighted by Gasteiger charge is -2.40. The zero-order valence-electron chi connectivity index (χ0n) is 16.2. The van der Waals surface area contributed by atoms with Crippen LogP contribution in [0, 0.1) is 11.3 Å². The van der Waals surface area contributed by atoms with Gasteiger partial charge < -0.3 is 19.7 Å². The van der Waals surface area contributed by atoms with Gasteiger partial charge in [0, 0.05) is 18.6 Å². The minimum Gasteiger partial charge on any atom is -0.396 e. The van der Waals surface area contributed by atoms with E-state index < -0.39 is 6.29 Å². The molecule has 0 amide bonds. The molecule has 0 aromatic rings. The van der Waals surface area contributed by atoms with Gasteiger partial charge in [-0.1, -0.05) is 34.1 Å². The number of hydrogen-bond donors (Lipinski definition) is 2. The predicted octanol–water partition coefficient (Wildman–Crippen LogP) is 4.13. The van der Waals surface area contributed by atoms with E-state index in [1.807, 2.05) is 13.8 Å². The zero-order valence-corrected chi connectivity index (χ0v) is 16.2. The van der Waals surface area contributed by atoms with Crippen molar-refractivity contribution in [1.29, 1.82) is 0 Å². The first kappa shape index (κ1) is 22.8. The molecule has 0 fully saturated rings. The number of hydrogen-bond acceptors (Lipinski definition) is 4. The second-order valence-corrected chi connectivity index (χ2v) is 6.63. The van der Waals surface area contributed by atoms with Crippen LogP contribution in [0.25, 0.3) is 0 Å². The first-order valence-corrected chi connectivity index (χ1v) is 9.50. The van der Waals surface area contributed by atoms with Crippen LogP contribution >= 0.6 is 0 Å². The molecule has 0 aliphatic heterocycles. The Kier molecular flexibility index (Phi) is 12.2. The van der Waals surface area contributed by atoms with E-state index in [0.717, 1.165) is 32.1 Å².